The normalized spacial score (nSPS) is 27.3. The van der Waals surface area contributed by atoms with E-state index in [-0.39, 0.29) is 11.6 Å². The number of anilines is 2. The van der Waals surface area contributed by atoms with Crippen LogP contribution in [0.15, 0.2) is 48.4 Å². The minimum absolute atomic E-state index is 0.0932. The Morgan fingerprint density at radius 1 is 0.955 bits per heavy atom. The Balaban J connectivity index is 1.38. The molecule has 6 nitrogen and oxygen atoms in total. The van der Waals surface area contributed by atoms with Gasteiger partial charge in [0.2, 0.25) is 0 Å². The number of rotatable bonds is 1. The molecule has 1 saturated carbocycles. The highest BCUT2D eigenvalue weighted by Gasteiger charge is 2.43. The van der Waals surface area contributed by atoms with Crippen LogP contribution in [0.25, 0.3) is 6.08 Å². The van der Waals surface area contributed by atoms with Crippen LogP contribution in [0.5, 0.6) is 0 Å². The summed E-state index contributed by atoms with van der Waals surface area (Å²) >= 11 is 0. The predicted octanol–water partition coefficient (Wildman–Crippen LogP) is 8.61. The summed E-state index contributed by atoms with van der Waals surface area (Å²) in [6, 6.07) is 9.34. The van der Waals surface area contributed by atoms with Crippen LogP contribution in [-0.4, -0.2) is 41.0 Å². The number of benzene rings is 1. The lowest BCUT2D eigenvalue weighted by Gasteiger charge is -2.40. The van der Waals surface area contributed by atoms with Gasteiger partial charge in [-0.25, -0.2) is 18.7 Å². The number of piperidine rings is 1. The molecule has 5 heterocycles. The zero-order valence-electron chi connectivity index (χ0n) is 26.1. The third-order valence-corrected chi connectivity index (χ3v) is 10.6. The second kappa shape index (κ2) is 13.0. The van der Waals surface area contributed by atoms with Gasteiger partial charge in [-0.3, -0.25) is 0 Å². The Morgan fingerprint density at radius 2 is 1.66 bits per heavy atom. The van der Waals surface area contributed by atoms with Crippen molar-refractivity contribution >= 4 is 17.7 Å². The summed E-state index contributed by atoms with van der Waals surface area (Å²) in [5.74, 6) is -2.08. The molecular formula is C36H46F2N6. The van der Waals surface area contributed by atoms with Crippen molar-refractivity contribution < 1.29 is 8.78 Å². The van der Waals surface area contributed by atoms with Gasteiger partial charge in [0.1, 0.15) is 18.0 Å². The van der Waals surface area contributed by atoms with Crippen LogP contribution in [0, 0.1) is 22.7 Å². The van der Waals surface area contributed by atoms with E-state index in [1.54, 1.807) is 24.5 Å². The molecule has 5 aliphatic rings. The van der Waals surface area contributed by atoms with Crippen molar-refractivity contribution in [1.29, 1.82) is 5.26 Å². The summed E-state index contributed by atoms with van der Waals surface area (Å²) in [5, 5.41) is 14.1. The van der Waals surface area contributed by atoms with E-state index in [0.717, 1.165) is 119 Å². The van der Waals surface area contributed by atoms with E-state index in [1.807, 2.05) is 13.0 Å². The van der Waals surface area contributed by atoms with Gasteiger partial charge < -0.3 is 15.1 Å². The number of halogens is 2. The molecule has 1 unspecified atom stereocenters. The molecule has 4 aliphatic heterocycles. The number of allylic oxidation sites excluding steroid dienone is 1. The summed E-state index contributed by atoms with van der Waals surface area (Å²) in [6.07, 6.45) is 15.0. The van der Waals surface area contributed by atoms with Gasteiger partial charge in [-0.2, -0.15) is 5.26 Å². The van der Waals surface area contributed by atoms with E-state index in [0.29, 0.717) is 18.7 Å². The lowest BCUT2D eigenvalue weighted by molar-refractivity contribution is -0.0855. The maximum Gasteiger partial charge on any atom is 0.276 e. The van der Waals surface area contributed by atoms with E-state index < -0.39 is 17.3 Å². The molecule has 7 rings (SSSR count). The van der Waals surface area contributed by atoms with Crippen LogP contribution in [-0.2, 0) is 5.92 Å². The fraction of sp³-hybridized carbons (Fsp3) is 0.583. The fourth-order valence-corrected chi connectivity index (χ4v) is 7.80. The number of nitrogens with one attached hydrogen (secondary N) is 1. The van der Waals surface area contributed by atoms with Gasteiger partial charge in [0.05, 0.1) is 17.0 Å². The Labute approximate surface area is 261 Å². The summed E-state index contributed by atoms with van der Waals surface area (Å²) in [6.45, 7) is 9.77. The molecule has 0 spiro atoms. The van der Waals surface area contributed by atoms with E-state index in [4.69, 9.17) is 4.98 Å². The molecule has 1 aromatic carbocycles. The van der Waals surface area contributed by atoms with Crippen molar-refractivity contribution in [3.05, 3.63) is 65.1 Å². The van der Waals surface area contributed by atoms with Gasteiger partial charge in [0, 0.05) is 29.8 Å². The predicted molar refractivity (Wildman–Crippen MR) is 172 cm³/mol. The molecule has 234 valence electrons. The highest BCUT2D eigenvalue weighted by atomic mass is 19.3. The molecule has 0 amide bonds. The molecule has 8 bridgehead atoms. The Kier molecular flexibility index (Phi) is 9.05. The minimum atomic E-state index is -2.88. The first-order valence-electron chi connectivity index (χ1n) is 16.7. The van der Waals surface area contributed by atoms with Crippen LogP contribution in [0.2, 0.25) is 0 Å². The number of hydrogen-bond acceptors (Lipinski definition) is 6. The SMILES string of the molecule is C=C1C(C2(C#N)CCCCC2)=Cc2c3ncnc2N1CCCCCCCN1CCC(CC1)C(F)(F)c1cccc(c1)C(C)N3. The molecule has 2 fully saturated rings. The number of nitriles is 1. The summed E-state index contributed by atoms with van der Waals surface area (Å²) in [5.41, 5.74) is 3.00. The van der Waals surface area contributed by atoms with E-state index in [1.165, 1.54) is 0 Å². The van der Waals surface area contributed by atoms with Crippen molar-refractivity contribution in [2.24, 2.45) is 11.3 Å². The Bertz CT molecular complexity index is 1410. The van der Waals surface area contributed by atoms with Crippen LogP contribution in [0.1, 0.15) is 107 Å². The number of nitrogens with zero attached hydrogens (tertiary/aromatic N) is 5. The van der Waals surface area contributed by atoms with Gasteiger partial charge in [0.15, 0.2) is 0 Å². The molecule has 1 aliphatic carbocycles. The van der Waals surface area contributed by atoms with Crippen LogP contribution < -0.4 is 10.2 Å². The first-order chi connectivity index (χ1) is 21.3. The van der Waals surface area contributed by atoms with Crippen molar-refractivity contribution in [3.63, 3.8) is 0 Å². The van der Waals surface area contributed by atoms with Crippen LogP contribution in [0.4, 0.5) is 20.4 Å². The van der Waals surface area contributed by atoms with E-state index in [2.05, 4.69) is 38.8 Å². The second-order valence-corrected chi connectivity index (χ2v) is 13.4. The van der Waals surface area contributed by atoms with Crippen LogP contribution >= 0.6 is 0 Å². The molecule has 0 radical (unpaired) electrons. The van der Waals surface area contributed by atoms with Gasteiger partial charge in [-0.15, -0.1) is 0 Å². The first kappa shape index (κ1) is 30.7. The molecular weight excluding hydrogens is 554 g/mol. The van der Waals surface area contributed by atoms with E-state index >= 15 is 8.78 Å². The first-order valence-corrected chi connectivity index (χ1v) is 16.7. The lowest BCUT2D eigenvalue weighted by atomic mass is 9.68. The zero-order chi connectivity index (χ0) is 30.7. The standard InChI is InChI=1S/C36H46F2N6/c1-26-28-12-11-13-30(22-28)36(37,38)29-14-20-43(21-15-29)18-9-4-3-5-10-19-44-27(2)32(35(24-39)16-7-6-8-17-35)23-31-33(42-26)40-25-41-34(31)44/h11-13,22-23,25-26,29H,2-10,14-21H2,1H3,(H,40,41,42). The van der Waals surface area contributed by atoms with E-state index in [9.17, 15) is 5.26 Å². The van der Waals surface area contributed by atoms with Gasteiger partial charge >= 0.3 is 0 Å². The lowest BCUT2D eigenvalue weighted by Crippen LogP contribution is -2.40. The number of aromatic nitrogens is 2. The smallest absolute Gasteiger partial charge is 0.276 e. The highest BCUT2D eigenvalue weighted by Crippen LogP contribution is 2.50. The topological polar surface area (TPSA) is 68.1 Å². The second-order valence-electron chi connectivity index (χ2n) is 13.4. The maximum atomic E-state index is 15.9. The highest BCUT2D eigenvalue weighted by molar-refractivity contribution is 5.83. The van der Waals surface area contributed by atoms with Crippen molar-refractivity contribution in [1.82, 2.24) is 14.9 Å². The third-order valence-electron chi connectivity index (χ3n) is 10.6. The molecule has 1 aromatic heterocycles. The molecule has 44 heavy (non-hydrogen) atoms. The quantitative estimate of drug-likeness (QED) is 0.354. The van der Waals surface area contributed by atoms with Crippen LogP contribution in [0.3, 0.4) is 0 Å². The Hall–Kier alpha value is -3.31. The monoisotopic (exact) mass is 600 g/mol. The third kappa shape index (κ3) is 6.00. The maximum absolute atomic E-state index is 15.9. The van der Waals surface area contributed by atoms with Gasteiger partial charge in [-0.05, 0) is 88.4 Å². The summed E-state index contributed by atoms with van der Waals surface area (Å²) in [4.78, 5) is 14.0. The summed E-state index contributed by atoms with van der Waals surface area (Å²) in [7, 11) is 0. The molecule has 2 aromatic rings. The molecule has 8 heteroatoms. The minimum Gasteiger partial charge on any atom is -0.363 e. The zero-order valence-corrected chi connectivity index (χ0v) is 26.1. The molecule has 1 N–H and O–H groups in total. The number of alkyl halides is 2. The molecule has 1 atom stereocenters. The molecule has 1 saturated heterocycles. The van der Waals surface area contributed by atoms with Gasteiger partial charge in [-0.1, -0.05) is 63.3 Å². The summed E-state index contributed by atoms with van der Waals surface area (Å²) < 4.78 is 31.8. The average molecular weight is 601 g/mol. The number of hydrogen-bond donors (Lipinski definition) is 1. The van der Waals surface area contributed by atoms with Crippen molar-refractivity contribution in [3.8, 4) is 6.07 Å². The van der Waals surface area contributed by atoms with Crippen molar-refractivity contribution in [2.75, 3.05) is 36.4 Å². The average Bonchev–Trinajstić information content (AvgIpc) is 3.05. The fourth-order valence-electron chi connectivity index (χ4n) is 7.80. The van der Waals surface area contributed by atoms with Gasteiger partial charge in [0.25, 0.3) is 5.92 Å². The largest absolute Gasteiger partial charge is 0.363 e. The Morgan fingerprint density at radius 3 is 2.41 bits per heavy atom. The van der Waals surface area contributed by atoms with Crippen molar-refractivity contribution in [2.45, 2.75) is 95.9 Å². The number of fused-ring (bicyclic) bond motifs is 9.